The Morgan fingerprint density at radius 3 is 2.38 bits per heavy atom. The van der Waals surface area contributed by atoms with Gasteiger partial charge in [-0.3, -0.25) is 13.9 Å². The zero-order valence-corrected chi connectivity index (χ0v) is 20.4. The van der Waals surface area contributed by atoms with Crippen molar-refractivity contribution in [3.63, 3.8) is 0 Å². The van der Waals surface area contributed by atoms with Crippen molar-refractivity contribution in [1.82, 2.24) is 13.7 Å². The van der Waals surface area contributed by atoms with Gasteiger partial charge in [-0.15, -0.1) is 0 Å². The topological polar surface area (TPSA) is 111 Å². The van der Waals surface area contributed by atoms with Gasteiger partial charge in [0.15, 0.2) is 0 Å². The van der Waals surface area contributed by atoms with Crippen LogP contribution >= 0.6 is 0 Å². The van der Waals surface area contributed by atoms with Crippen LogP contribution in [0.4, 0.5) is 5.69 Å². The van der Waals surface area contributed by atoms with Crippen molar-refractivity contribution in [2.24, 2.45) is 14.1 Å². The van der Waals surface area contributed by atoms with Gasteiger partial charge in [0.05, 0.1) is 46.8 Å². The first-order valence-corrected chi connectivity index (χ1v) is 11.7. The Balaban J connectivity index is 1.85. The summed E-state index contributed by atoms with van der Waals surface area (Å²) in [6, 6.07) is 18.6. The summed E-state index contributed by atoms with van der Waals surface area (Å²) in [5, 5.41) is 24.9. The number of rotatable bonds is 3. The molecule has 3 heterocycles. The molecular formula is C28H24N4O5. The van der Waals surface area contributed by atoms with Crippen LogP contribution in [0.15, 0.2) is 76.3 Å². The zero-order valence-electron chi connectivity index (χ0n) is 20.4. The maximum Gasteiger partial charge on any atom is 0.331 e. The Labute approximate surface area is 211 Å². The molecule has 2 aromatic heterocycles. The number of aryl methyl sites for hydroxylation is 1. The second-order valence-electron chi connectivity index (χ2n) is 9.06. The third-order valence-corrected chi connectivity index (χ3v) is 7.01. The van der Waals surface area contributed by atoms with Crippen LogP contribution in [-0.4, -0.2) is 31.0 Å². The molecule has 0 spiro atoms. The van der Waals surface area contributed by atoms with Crippen molar-refractivity contribution < 1.29 is 14.9 Å². The molecule has 3 aromatic carbocycles. The van der Waals surface area contributed by atoms with E-state index in [4.69, 9.17) is 4.74 Å². The Morgan fingerprint density at radius 2 is 1.65 bits per heavy atom. The fourth-order valence-corrected chi connectivity index (χ4v) is 5.25. The summed E-state index contributed by atoms with van der Waals surface area (Å²) in [6.45, 7) is 0. The van der Waals surface area contributed by atoms with E-state index in [1.165, 1.54) is 29.8 Å². The lowest BCUT2D eigenvalue weighted by Gasteiger charge is -2.31. The Kier molecular flexibility index (Phi) is 4.91. The molecule has 3 N–H and O–H groups in total. The number of benzene rings is 3. The van der Waals surface area contributed by atoms with Gasteiger partial charge in [-0.1, -0.05) is 12.1 Å². The van der Waals surface area contributed by atoms with E-state index < -0.39 is 17.3 Å². The summed E-state index contributed by atoms with van der Waals surface area (Å²) in [7, 11) is 4.68. The Hall–Kier alpha value is -4.92. The van der Waals surface area contributed by atoms with Gasteiger partial charge in [0.2, 0.25) is 0 Å². The molecule has 0 radical (unpaired) electrons. The molecule has 0 fully saturated rings. The summed E-state index contributed by atoms with van der Waals surface area (Å²) in [5.41, 5.74) is 3.46. The summed E-state index contributed by atoms with van der Waals surface area (Å²) >= 11 is 0. The second kappa shape index (κ2) is 8.06. The highest BCUT2D eigenvalue weighted by Crippen LogP contribution is 2.47. The highest BCUT2D eigenvalue weighted by atomic mass is 16.5. The third-order valence-electron chi connectivity index (χ3n) is 7.01. The molecule has 0 saturated carbocycles. The number of nitrogens with one attached hydrogen (secondary N) is 1. The molecule has 186 valence electrons. The van der Waals surface area contributed by atoms with Gasteiger partial charge in [0.1, 0.15) is 17.2 Å². The molecular weight excluding hydrogens is 472 g/mol. The van der Waals surface area contributed by atoms with Crippen LogP contribution in [-0.2, 0) is 14.1 Å². The van der Waals surface area contributed by atoms with Crippen LogP contribution in [0.2, 0.25) is 0 Å². The van der Waals surface area contributed by atoms with E-state index in [0.717, 1.165) is 21.5 Å². The van der Waals surface area contributed by atoms with E-state index in [0.29, 0.717) is 33.6 Å². The summed E-state index contributed by atoms with van der Waals surface area (Å²) in [4.78, 5) is 26.8. The number of hydrogen-bond acceptors (Lipinski definition) is 6. The van der Waals surface area contributed by atoms with Crippen molar-refractivity contribution in [3.05, 3.63) is 98.8 Å². The number of nitrogens with zero attached hydrogens (tertiary/aromatic N) is 3. The van der Waals surface area contributed by atoms with Gasteiger partial charge in [-0.2, -0.15) is 0 Å². The number of aromatic hydroxyl groups is 2. The van der Waals surface area contributed by atoms with E-state index in [2.05, 4.69) is 5.32 Å². The molecule has 6 rings (SSSR count). The SMILES string of the molecule is COc1ccc(-c2c3c(=O)n(C)c(=O)n(C)c3c3n2-c2ccccc2NC3c2cc(O)ccc2O)cc1. The van der Waals surface area contributed by atoms with Crippen LogP contribution in [0, 0.1) is 0 Å². The second-order valence-corrected chi connectivity index (χ2v) is 9.06. The molecule has 1 unspecified atom stereocenters. The number of anilines is 1. The van der Waals surface area contributed by atoms with E-state index >= 15 is 0 Å². The normalized spacial score (nSPS) is 14.2. The minimum Gasteiger partial charge on any atom is -0.508 e. The fraction of sp³-hybridized carbons (Fsp3) is 0.143. The maximum atomic E-state index is 13.7. The molecule has 1 atom stereocenters. The minimum atomic E-state index is -0.686. The molecule has 5 aromatic rings. The average molecular weight is 497 g/mol. The number of fused-ring (bicyclic) bond motifs is 5. The number of para-hydroxylation sites is 2. The molecule has 0 saturated heterocycles. The lowest BCUT2D eigenvalue weighted by atomic mass is 9.98. The molecule has 0 amide bonds. The van der Waals surface area contributed by atoms with Crippen molar-refractivity contribution >= 4 is 16.6 Å². The number of phenols is 2. The molecule has 0 bridgehead atoms. The number of hydrogen-bond donors (Lipinski definition) is 3. The van der Waals surface area contributed by atoms with Crippen LogP contribution in [0.5, 0.6) is 17.2 Å². The van der Waals surface area contributed by atoms with Crippen LogP contribution in [0.3, 0.4) is 0 Å². The molecule has 37 heavy (non-hydrogen) atoms. The summed E-state index contributed by atoms with van der Waals surface area (Å²) < 4.78 is 9.86. The first-order valence-electron chi connectivity index (χ1n) is 11.7. The van der Waals surface area contributed by atoms with Gasteiger partial charge in [-0.25, -0.2) is 4.79 Å². The van der Waals surface area contributed by atoms with Gasteiger partial charge in [0, 0.05) is 19.7 Å². The van der Waals surface area contributed by atoms with Gasteiger partial charge < -0.3 is 24.8 Å². The average Bonchev–Trinajstić information content (AvgIpc) is 3.28. The van der Waals surface area contributed by atoms with Gasteiger partial charge >= 0.3 is 5.69 Å². The molecule has 9 heteroatoms. The van der Waals surface area contributed by atoms with Gasteiger partial charge in [0.25, 0.3) is 5.56 Å². The Bertz CT molecular complexity index is 1830. The molecule has 9 nitrogen and oxygen atoms in total. The fourth-order valence-electron chi connectivity index (χ4n) is 5.25. The van der Waals surface area contributed by atoms with E-state index in [9.17, 15) is 19.8 Å². The van der Waals surface area contributed by atoms with Crippen molar-refractivity contribution in [2.45, 2.75) is 6.04 Å². The van der Waals surface area contributed by atoms with Crippen molar-refractivity contribution in [1.29, 1.82) is 0 Å². The number of phenolic OH excluding ortho intramolecular Hbond substituents is 2. The predicted molar refractivity (Wildman–Crippen MR) is 141 cm³/mol. The highest BCUT2D eigenvalue weighted by molar-refractivity contribution is 5.99. The highest BCUT2D eigenvalue weighted by Gasteiger charge is 2.35. The number of aromatic nitrogens is 3. The van der Waals surface area contributed by atoms with Crippen LogP contribution in [0.1, 0.15) is 17.3 Å². The monoisotopic (exact) mass is 496 g/mol. The van der Waals surface area contributed by atoms with Crippen LogP contribution < -0.4 is 21.3 Å². The van der Waals surface area contributed by atoms with E-state index in [1.807, 2.05) is 53.1 Å². The minimum absolute atomic E-state index is 0.0175. The lowest BCUT2D eigenvalue weighted by molar-refractivity contribution is 0.415. The van der Waals surface area contributed by atoms with Crippen molar-refractivity contribution in [2.75, 3.05) is 12.4 Å². The Morgan fingerprint density at radius 1 is 0.919 bits per heavy atom. The first-order chi connectivity index (χ1) is 17.8. The van der Waals surface area contributed by atoms with E-state index in [-0.39, 0.29) is 11.5 Å². The van der Waals surface area contributed by atoms with Crippen LogP contribution in [0.25, 0.3) is 27.8 Å². The first kappa shape index (κ1) is 22.5. The molecule has 1 aliphatic rings. The summed E-state index contributed by atoms with van der Waals surface area (Å²) in [5.74, 6) is 0.620. The van der Waals surface area contributed by atoms with Crippen molar-refractivity contribution in [3.8, 4) is 34.2 Å². The quantitative estimate of drug-likeness (QED) is 0.329. The van der Waals surface area contributed by atoms with E-state index in [1.54, 1.807) is 14.2 Å². The largest absolute Gasteiger partial charge is 0.508 e. The van der Waals surface area contributed by atoms with Gasteiger partial charge in [-0.05, 0) is 60.2 Å². The smallest absolute Gasteiger partial charge is 0.331 e. The number of ether oxygens (including phenoxy) is 1. The number of methoxy groups -OCH3 is 1. The summed E-state index contributed by atoms with van der Waals surface area (Å²) in [6.07, 6.45) is 0. The maximum absolute atomic E-state index is 13.7. The molecule has 1 aliphatic heterocycles. The lowest BCUT2D eigenvalue weighted by Crippen LogP contribution is -2.37. The third kappa shape index (κ3) is 3.17. The standard InChI is InChI=1S/C28H24N4O5/c1-30-25-22(27(35)31(2)28(30)36)24(15-8-11-17(37-3)12-9-15)32-20-7-5-4-6-19(20)29-23(26(25)32)18-14-16(33)10-13-21(18)34/h4-14,23,29,33-34H,1-3H3. The predicted octanol–water partition coefficient (Wildman–Crippen LogP) is 3.63. The molecule has 0 aliphatic carbocycles. The zero-order chi connectivity index (χ0) is 26.0.